The molecule has 1 amide bonds. The number of pyridine rings is 1. The van der Waals surface area contributed by atoms with Gasteiger partial charge in [0.1, 0.15) is 6.61 Å². The van der Waals surface area contributed by atoms with Crippen molar-refractivity contribution in [2.45, 2.75) is 84.1 Å². The third-order valence-corrected chi connectivity index (χ3v) is 10.5. The molecule has 4 aromatic rings. The molecule has 2 aromatic heterocycles. The van der Waals surface area contributed by atoms with Crippen LogP contribution in [0.15, 0.2) is 77.8 Å². The summed E-state index contributed by atoms with van der Waals surface area (Å²) in [6.07, 6.45) is 10.0. The summed E-state index contributed by atoms with van der Waals surface area (Å²) in [5, 5.41) is 0. The number of carbonyl (C=O) groups excluding carboxylic acids is 1. The molecule has 1 N–H and O–H groups in total. The summed E-state index contributed by atoms with van der Waals surface area (Å²) in [5.74, 6) is -0.155. The first-order valence-corrected chi connectivity index (χ1v) is 18.5. The van der Waals surface area contributed by atoms with Crippen molar-refractivity contribution in [3.8, 4) is 17.1 Å². The van der Waals surface area contributed by atoms with E-state index in [0.29, 0.717) is 25.1 Å². The number of anilines is 1. The van der Waals surface area contributed by atoms with E-state index >= 15 is 0 Å². The van der Waals surface area contributed by atoms with E-state index in [0.717, 1.165) is 40.8 Å². The molecule has 49 heavy (non-hydrogen) atoms. The van der Waals surface area contributed by atoms with Gasteiger partial charge in [-0.1, -0.05) is 57.2 Å². The molecule has 0 radical (unpaired) electrons. The number of hydrogen-bond donors (Lipinski definition) is 1. The maximum atomic E-state index is 14.4. The minimum Gasteiger partial charge on any atom is -0.475 e. The molecule has 9 nitrogen and oxygen atoms in total. The SMILES string of the molecule is Cc1cccc(C)c1-c1cc2nc(n1)NS(=O)(=O)c1cccc(c1)C(=O)N(CCc1ccc(C3=CCCCC3)cn1)[C@H](CC(C)(C)C)CO2. The van der Waals surface area contributed by atoms with Crippen LogP contribution in [0, 0.1) is 19.3 Å². The fraction of sp³-hybridized carbons (Fsp3) is 0.385. The van der Waals surface area contributed by atoms with Gasteiger partial charge in [0.05, 0.1) is 16.6 Å². The summed E-state index contributed by atoms with van der Waals surface area (Å²) >= 11 is 0. The number of hydrogen-bond acceptors (Lipinski definition) is 7. The quantitative estimate of drug-likeness (QED) is 0.221. The fourth-order valence-corrected chi connectivity index (χ4v) is 7.72. The lowest BCUT2D eigenvalue weighted by Gasteiger charge is -2.35. The maximum absolute atomic E-state index is 14.4. The Labute approximate surface area is 289 Å². The van der Waals surface area contributed by atoms with Crippen molar-refractivity contribution in [2.24, 2.45) is 5.41 Å². The van der Waals surface area contributed by atoms with Crippen LogP contribution in [0.1, 0.15) is 85.6 Å². The molecule has 0 saturated carbocycles. The highest BCUT2D eigenvalue weighted by Crippen LogP contribution is 2.32. The van der Waals surface area contributed by atoms with Crippen LogP contribution in [-0.4, -0.2) is 53.4 Å². The second-order valence-corrected chi connectivity index (χ2v) is 16.0. The van der Waals surface area contributed by atoms with E-state index in [2.05, 4.69) is 47.6 Å². The number of sulfonamides is 1. The summed E-state index contributed by atoms with van der Waals surface area (Å²) in [5.41, 5.74) is 6.90. The molecular weight excluding hydrogens is 635 g/mol. The molecule has 10 heteroatoms. The van der Waals surface area contributed by atoms with Crippen molar-refractivity contribution in [1.29, 1.82) is 0 Å². The number of benzene rings is 2. The van der Waals surface area contributed by atoms with Crippen LogP contribution in [-0.2, 0) is 16.4 Å². The lowest BCUT2D eigenvalue weighted by molar-refractivity contribution is 0.0540. The summed E-state index contributed by atoms with van der Waals surface area (Å²) in [7, 11) is -4.15. The number of amides is 1. The van der Waals surface area contributed by atoms with E-state index in [4.69, 9.17) is 9.72 Å². The molecule has 256 valence electrons. The summed E-state index contributed by atoms with van der Waals surface area (Å²) in [4.78, 5) is 30.1. The minimum atomic E-state index is -4.15. The van der Waals surface area contributed by atoms with E-state index in [-0.39, 0.29) is 46.3 Å². The number of carbonyl (C=O) groups is 1. The predicted molar refractivity (Wildman–Crippen MR) is 193 cm³/mol. The van der Waals surface area contributed by atoms with Gasteiger partial charge in [-0.25, -0.2) is 18.1 Å². The van der Waals surface area contributed by atoms with Crippen molar-refractivity contribution < 1.29 is 17.9 Å². The molecule has 0 unspecified atom stereocenters. The zero-order valence-electron chi connectivity index (χ0n) is 29.0. The van der Waals surface area contributed by atoms with Gasteiger partial charge in [-0.3, -0.25) is 9.78 Å². The Morgan fingerprint density at radius 2 is 1.73 bits per heavy atom. The topological polar surface area (TPSA) is 114 Å². The number of allylic oxidation sites excluding steroid dienone is 2. The van der Waals surface area contributed by atoms with Gasteiger partial charge in [-0.15, -0.1) is 0 Å². The van der Waals surface area contributed by atoms with Crippen LogP contribution in [0.3, 0.4) is 0 Å². The van der Waals surface area contributed by atoms with Gasteiger partial charge < -0.3 is 9.64 Å². The van der Waals surface area contributed by atoms with Crippen molar-refractivity contribution in [3.63, 3.8) is 0 Å². The second-order valence-electron chi connectivity index (χ2n) is 14.3. The molecular formula is C39H45N5O4S. The molecule has 4 bridgehead atoms. The number of ether oxygens (including phenoxy) is 1. The molecule has 0 spiro atoms. The molecule has 0 saturated heterocycles. The Morgan fingerprint density at radius 3 is 2.43 bits per heavy atom. The maximum Gasteiger partial charge on any atom is 0.264 e. The number of aromatic nitrogens is 3. The number of rotatable bonds is 6. The van der Waals surface area contributed by atoms with Crippen LogP contribution >= 0.6 is 0 Å². The zero-order valence-corrected chi connectivity index (χ0v) is 29.8. The molecule has 6 rings (SSSR count). The first-order chi connectivity index (χ1) is 23.4. The average molecular weight is 680 g/mol. The van der Waals surface area contributed by atoms with Gasteiger partial charge in [-0.05, 0) is 97.9 Å². The fourth-order valence-electron chi connectivity index (χ4n) is 6.73. The summed E-state index contributed by atoms with van der Waals surface area (Å²) in [6.45, 7) is 10.9. The first-order valence-electron chi connectivity index (χ1n) is 17.0. The lowest BCUT2D eigenvalue weighted by atomic mass is 9.87. The molecule has 3 heterocycles. The summed E-state index contributed by atoms with van der Waals surface area (Å²) < 4.78 is 36.3. The van der Waals surface area contributed by atoms with Crippen LogP contribution in [0.2, 0.25) is 0 Å². The van der Waals surface area contributed by atoms with Gasteiger partial charge >= 0.3 is 0 Å². The van der Waals surface area contributed by atoms with Crippen molar-refractivity contribution in [2.75, 3.05) is 17.9 Å². The number of nitrogens with zero attached hydrogens (tertiary/aromatic N) is 4. The normalized spacial score (nSPS) is 17.9. The van der Waals surface area contributed by atoms with E-state index < -0.39 is 10.0 Å². The van der Waals surface area contributed by atoms with E-state index in [9.17, 15) is 13.2 Å². The lowest BCUT2D eigenvalue weighted by Crippen LogP contribution is -2.46. The smallest absolute Gasteiger partial charge is 0.264 e. The van der Waals surface area contributed by atoms with Crippen molar-refractivity contribution >= 4 is 27.5 Å². The monoisotopic (exact) mass is 679 g/mol. The van der Waals surface area contributed by atoms with Gasteiger partial charge in [0.2, 0.25) is 11.8 Å². The molecule has 1 aliphatic heterocycles. The highest BCUT2D eigenvalue weighted by molar-refractivity contribution is 7.92. The third-order valence-electron chi connectivity index (χ3n) is 9.13. The number of nitrogens with one attached hydrogen (secondary N) is 1. The predicted octanol–water partition coefficient (Wildman–Crippen LogP) is 7.80. The standard InChI is InChI=1S/C39H45N5O4S/c1-26-11-9-12-27(2)36(26)34-22-35-42-38(41-34)43-49(46,47)33-16-10-15-29(21-33)37(45)44(32(25-48-35)23-39(3,4)5)20-19-31-18-17-30(24-40-31)28-13-7-6-8-14-28/h9-13,15-18,21-22,24,32H,6-8,14,19-20,23,25H2,1-5H3,(H,41,42,43)/t32-/m1/s1. The first kappa shape index (κ1) is 34.3. The van der Waals surface area contributed by atoms with Gasteiger partial charge in [-0.2, -0.15) is 4.98 Å². The zero-order chi connectivity index (χ0) is 34.8. The molecule has 1 aliphatic carbocycles. The largest absolute Gasteiger partial charge is 0.475 e. The highest BCUT2D eigenvalue weighted by Gasteiger charge is 2.31. The van der Waals surface area contributed by atoms with Gasteiger partial charge in [0.15, 0.2) is 0 Å². The van der Waals surface area contributed by atoms with Gasteiger partial charge in [0, 0.05) is 42.0 Å². The van der Waals surface area contributed by atoms with Crippen LogP contribution < -0.4 is 9.46 Å². The van der Waals surface area contributed by atoms with E-state index in [1.54, 1.807) is 18.2 Å². The summed E-state index contributed by atoms with van der Waals surface area (Å²) in [6, 6.07) is 17.6. The second kappa shape index (κ2) is 14.1. The van der Waals surface area contributed by atoms with Crippen LogP contribution in [0.5, 0.6) is 5.88 Å². The Balaban J connectivity index is 1.39. The van der Waals surface area contributed by atoms with Crippen LogP contribution in [0.25, 0.3) is 16.8 Å². The number of aryl methyl sites for hydroxylation is 2. The van der Waals surface area contributed by atoms with Crippen molar-refractivity contribution in [3.05, 3.63) is 101 Å². The third kappa shape index (κ3) is 8.19. The van der Waals surface area contributed by atoms with Crippen LogP contribution in [0.4, 0.5) is 5.95 Å². The molecule has 1 atom stereocenters. The molecule has 2 aromatic carbocycles. The van der Waals surface area contributed by atoms with E-state index in [1.165, 1.54) is 30.5 Å². The minimum absolute atomic E-state index is 0.0530. The van der Waals surface area contributed by atoms with E-state index in [1.807, 2.05) is 49.2 Å². The highest BCUT2D eigenvalue weighted by atomic mass is 32.2. The Morgan fingerprint density at radius 1 is 0.959 bits per heavy atom. The van der Waals surface area contributed by atoms with Gasteiger partial charge in [0.25, 0.3) is 15.9 Å². The molecule has 2 aliphatic rings. The Bertz CT molecular complexity index is 1960. The Hall–Kier alpha value is -4.57. The molecule has 0 fully saturated rings. The number of fused-ring (bicyclic) bond motifs is 4. The van der Waals surface area contributed by atoms with Crippen molar-refractivity contribution in [1.82, 2.24) is 19.9 Å². The Kier molecular flexibility index (Phi) is 9.88. The average Bonchev–Trinajstić information content (AvgIpc) is 3.06.